The molecule has 0 amide bonds. The lowest BCUT2D eigenvalue weighted by Crippen LogP contribution is -2.51. The number of carbonyl (C=O) groups is 1. The van der Waals surface area contributed by atoms with Gasteiger partial charge in [0.05, 0.1) is 13.2 Å². The Hall–Kier alpha value is -1.01. The molecule has 0 aromatic rings. The van der Waals surface area contributed by atoms with Gasteiger partial charge in [0.15, 0.2) is 0 Å². The van der Waals surface area contributed by atoms with E-state index in [2.05, 4.69) is 11.2 Å². The number of nitrogens with one attached hydrogen (secondary N) is 1. The van der Waals surface area contributed by atoms with Crippen LogP contribution in [0.4, 0.5) is 0 Å². The molecule has 0 bridgehead atoms. The minimum Gasteiger partial charge on any atom is -0.465 e. The van der Waals surface area contributed by atoms with E-state index in [1.807, 2.05) is 13.8 Å². The molecular weight excluding hydrogens is 190 g/mol. The summed E-state index contributed by atoms with van der Waals surface area (Å²) in [6, 6.07) is 0. The lowest BCUT2D eigenvalue weighted by atomic mass is 9.95. The van der Waals surface area contributed by atoms with Crippen molar-refractivity contribution in [3.8, 4) is 12.3 Å². The van der Waals surface area contributed by atoms with E-state index >= 15 is 0 Å². The molecule has 84 valence electrons. The Labute approximate surface area is 91.6 Å². The second-order valence-electron chi connectivity index (χ2n) is 4.26. The number of rotatable bonds is 6. The molecule has 15 heavy (non-hydrogen) atoms. The van der Waals surface area contributed by atoms with Crippen molar-refractivity contribution in [2.24, 2.45) is 5.92 Å². The molecule has 0 radical (unpaired) electrons. The summed E-state index contributed by atoms with van der Waals surface area (Å²) in [7, 11) is 0. The van der Waals surface area contributed by atoms with E-state index in [1.165, 1.54) is 12.8 Å². The molecule has 1 rings (SSSR count). The van der Waals surface area contributed by atoms with Gasteiger partial charge in [-0.2, -0.15) is 0 Å². The summed E-state index contributed by atoms with van der Waals surface area (Å²) >= 11 is 0. The maximum atomic E-state index is 11.8. The van der Waals surface area contributed by atoms with E-state index in [9.17, 15) is 4.79 Å². The zero-order chi connectivity index (χ0) is 11.3. The SMILES string of the molecule is C#CCNC(C)(CC1CC1)C(=O)OCC. The van der Waals surface area contributed by atoms with Gasteiger partial charge in [-0.05, 0) is 26.2 Å². The molecule has 0 aromatic heterocycles. The van der Waals surface area contributed by atoms with Crippen LogP contribution in [-0.2, 0) is 9.53 Å². The highest BCUT2D eigenvalue weighted by molar-refractivity contribution is 5.80. The molecule has 0 heterocycles. The first-order valence-corrected chi connectivity index (χ1v) is 5.48. The van der Waals surface area contributed by atoms with Crippen molar-refractivity contribution in [3.05, 3.63) is 0 Å². The topological polar surface area (TPSA) is 38.3 Å². The van der Waals surface area contributed by atoms with E-state index < -0.39 is 5.54 Å². The van der Waals surface area contributed by atoms with Crippen LogP contribution in [0.5, 0.6) is 0 Å². The minimum atomic E-state index is -0.608. The maximum Gasteiger partial charge on any atom is 0.326 e. The average molecular weight is 209 g/mol. The second kappa shape index (κ2) is 5.18. The zero-order valence-electron chi connectivity index (χ0n) is 9.51. The van der Waals surface area contributed by atoms with Crippen molar-refractivity contribution in [2.75, 3.05) is 13.2 Å². The van der Waals surface area contributed by atoms with E-state index in [0.717, 1.165) is 6.42 Å². The summed E-state index contributed by atoms with van der Waals surface area (Å²) < 4.78 is 5.06. The van der Waals surface area contributed by atoms with Crippen LogP contribution in [0.2, 0.25) is 0 Å². The molecular formula is C12H19NO2. The summed E-state index contributed by atoms with van der Waals surface area (Å²) in [5, 5.41) is 3.09. The van der Waals surface area contributed by atoms with Crippen LogP contribution in [0.25, 0.3) is 0 Å². The number of terminal acetylenes is 1. The van der Waals surface area contributed by atoms with Gasteiger partial charge in [0.25, 0.3) is 0 Å². The van der Waals surface area contributed by atoms with Crippen molar-refractivity contribution in [1.29, 1.82) is 0 Å². The molecule has 1 aliphatic rings. The van der Waals surface area contributed by atoms with E-state index in [0.29, 0.717) is 19.1 Å². The van der Waals surface area contributed by atoms with Crippen LogP contribution in [0.15, 0.2) is 0 Å². The van der Waals surface area contributed by atoms with Crippen LogP contribution in [0.3, 0.4) is 0 Å². The Morgan fingerprint density at radius 1 is 1.67 bits per heavy atom. The highest BCUT2D eigenvalue weighted by atomic mass is 16.5. The molecule has 3 nitrogen and oxygen atoms in total. The molecule has 1 saturated carbocycles. The summed E-state index contributed by atoms with van der Waals surface area (Å²) in [4.78, 5) is 11.8. The van der Waals surface area contributed by atoms with Gasteiger partial charge in [0.2, 0.25) is 0 Å². The van der Waals surface area contributed by atoms with Gasteiger partial charge >= 0.3 is 5.97 Å². The van der Waals surface area contributed by atoms with Gasteiger partial charge in [-0.3, -0.25) is 10.1 Å². The average Bonchev–Trinajstić information content (AvgIpc) is 2.99. The molecule has 1 fully saturated rings. The summed E-state index contributed by atoms with van der Waals surface area (Å²) in [5.41, 5.74) is -0.608. The van der Waals surface area contributed by atoms with Gasteiger partial charge in [0.1, 0.15) is 5.54 Å². The van der Waals surface area contributed by atoms with E-state index in [-0.39, 0.29) is 5.97 Å². The lowest BCUT2D eigenvalue weighted by molar-refractivity contribution is -0.150. The van der Waals surface area contributed by atoms with Gasteiger partial charge in [0, 0.05) is 0 Å². The first kappa shape index (κ1) is 12.1. The van der Waals surface area contributed by atoms with Crippen LogP contribution in [0, 0.1) is 18.3 Å². The van der Waals surface area contributed by atoms with Crippen molar-refractivity contribution >= 4 is 5.97 Å². The third kappa shape index (κ3) is 3.56. The highest BCUT2D eigenvalue weighted by Crippen LogP contribution is 2.37. The fraction of sp³-hybridized carbons (Fsp3) is 0.750. The van der Waals surface area contributed by atoms with Gasteiger partial charge in [-0.15, -0.1) is 6.42 Å². The number of carbonyl (C=O) groups excluding carboxylic acids is 1. The van der Waals surface area contributed by atoms with Crippen LogP contribution in [0.1, 0.15) is 33.1 Å². The molecule has 3 heteroatoms. The maximum absolute atomic E-state index is 11.8. The third-order valence-electron chi connectivity index (χ3n) is 2.70. The summed E-state index contributed by atoms with van der Waals surface area (Å²) in [5.74, 6) is 2.96. The third-order valence-corrected chi connectivity index (χ3v) is 2.70. The lowest BCUT2D eigenvalue weighted by Gasteiger charge is -2.27. The number of hydrogen-bond acceptors (Lipinski definition) is 3. The minimum absolute atomic E-state index is 0.188. The van der Waals surface area contributed by atoms with Gasteiger partial charge < -0.3 is 4.74 Å². The zero-order valence-corrected chi connectivity index (χ0v) is 9.51. The van der Waals surface area contributed by atoms with Crippen molar-refractivity contribution in [3.63, 3.8) is 0 Å². The van der Waals surface area contributed by atoms with Crippen molar-refractivity contribution < 1.29 is 9.53 Å². The van der Waals surface area contributed by atoms with E-state index in [1.54, 1.807) is 0 Å². The Morgan fingerprint density at radius 2 is 2.33 bits per heavy atom. The second-order valence-corrected chi connectivity index (χ2v) is 4.26. The first-order valence-electron chi connectivity index (χ1n) is 5.48. The number of ether oxygens (including phenoxy) is 1. The Kier molecular flexibility index (Phi) is 4.16. The quantitative estimate of drug-likeness (QED) is 0.530. The van der Waals surface area contributed by atoms with Gasteiger partial charge in [-0.25, -0.2) is 0 Å². The largest absolute Gasteiger partial charge is 0.465 e. The normalized spacial score (nSPS) is 19.0. The standard InChI is InChI=1S/C12H19NO2/c1-4-8-13-12(3,9-10-6-7-10)11(14)15-5-2/h1,10,13H,5-9H2,2-3H3. The van der Waals surface area contributed by atoms with Crippen LogP contribution in [-0.4, -0.2) is 24.7 Å². The predicted molar refractivity (Wildman–Crippen MR) is 59.2 cm³/mol. The molecule has 1 aliphatic carbocycles. The fourth-order valence-corrected chi connectivity index (χ4v) is 1.66. The fourth-order valence-electron chi connectivity index (χ4n) is 1.66. The molecule has 0 saturated heterocycles. The monoisotopic (exact) mass is 209 g/mol. The van der Waals surface area contributed by atoms with Crippen molar-refractivity contribution in [1.82, 2.24) is 5.32 Å². The van der Waals surface area contributed by atoms with E-state index in [4.69, 9.17) is 11.2 Å². The Morgan fingerprint density at radius 3 is 2.80 bits per heavy atom. The highest BCUT2D eigenvalue weighted by Gasteiger charge is 2.39. The van der Waals surface area contributed by atoms with Gasteiger partial charge in [-0.1, -0.05) is 18.8 Å². The van der Waals surface area contributed by atoms with Crippen molar-refractivity contribution in [2.45, 2.75) is 38.6 Å². The predicted octanol–water partition coefficient (Wildman–Crippen LogP) is 1.33. The Bertz CT molecular complexity index is 265. The Balaban J connectivity index is 2.56. The smallest absolute Gasteiger partial charge is 0.326 e. The number of esters is 1. The number of hydrogen-bond donors (Lipinski definition) is 1. The molecule has 1 atom stereocenters. The summed E-state index contributed by atoms with van der Waals surface area (Å²) in [6.07, 6.45) is 8.45. The molecule has 0 spiro atoms. The van der Waals surface area contributed by atoms with Crippen LogP contribution < -0.4 is 5.32 Å². The first-order chi connectivity index (χ1) is 7.12. The summed E-state index contributed by atoms with van der Waals surface area (Å²) in [6.45, 7) is 4.51. The molecule has 0 aromatic carbocycles. The molecule has 1 N–H and O–H groups in total. The molecule has 1 unspecified atom stereocenters. The van der Waals surface area contributed by atoms with Crippen LogP contribution >= 0.6 is 0 Å². The molecule has 0 aliphatic heterocycles.